The molecule has 0 aromatic rings. The van der Waals surface area contributed by atoms with Gasteiger partial charge in [-0.05, 0) is 18.9 Å². The van der Waals surface area contributed by atoms with E-state index in [0.29, 0.717) is 11.7 Å². The maximum absolute atomic E-state index is 10.8. The molecule has 1 aliphatic carbocycles. The maximum atomic E-state index is 10.8. The molecule has 2 nitrogen and oxygen atoms in total. The predicted molar refractivity (Wildman–Crippen MR) is 34.1 cm³/mol. The second kappa shape index (κ2) is 1.81. The molecule has 2 rings (SSSR count). The van der Waals surface area contributed by atoms with Crippen molar-refractivity contribution in [3.8, 4) is 0 Å². The highest BCUT2D eigenvalue weighted by Crippen LogP contribution is 2.34. The highest BCUT2D eigenvalue weighted by Gasteiger charge is 2.40. The number of nitrogens with one attached hydrogen (secondary N) is 1. The van der Waals surface area contributed by atoms with Crippen LogP contribution in [0.25, 0.3) is 0 Å². The van der Waals surface area contributed by atoms with E-state index in [1.54, 1.807) is 0 Å². The molecule has 0 radical (unpaired) electrons. The van der Waals surface area contributed by atoms with Gasteiger partial charge >= 0.3 is 0 Å². The van der Waals surface area contributed by atoms with E-state index in [2.05, 4.69) is 5.32 Å². The van der Waals surface area contributed by atoms with Crippen LogP contribution < -0.4 is 5.32 Å². The summed E-state index contributed by atoms with van der Waals surface area (Å²) >= 11 is 0. The lowest BCUT2D eigenvalue weighted by molar-refractivity contribution is -0.135. The number of ketones is 1. The first-order valence-electron chi connectivity index (χ1n) is 3.61. The minimum atomic E-state index is 0.402. The first-order valence-corrected chi connectivity index (χ1v) is 3.61. The van der Waals surface area contributed by atoms with Gasteiger partial charge in [-0.3, -0.25) is 4.79 Å². The molecule has 50 valence electrons. The summed E-state index contributed by atoms with van der Waals surface area (Å²) in [6.45, 7) is 2.07. The van der Waals surface area contributed by atoms with Crippen LogP contribution in [0.2, 0.25) is 0 Å². The van der Waals surface area contributed by atoms with E-state index < -0.39 is 0 Å². The zero-order valence-electron chi connectivity index (χ0n) is 5.39. The number of piperidine rings is 1. The van der Waals surface area contributed by atoms with Crippen LogP contribution in [0.1, 0.15) is 12.8 Å². The molecule has 0 unspecified atom stereocenters. The highest BCUT2D eigenvalue weighted by atomic mass is 16.1. The van der Waals surface area contributed by atoms with E-state index in [9.17, 15) is 4.79 Å². The molecular weight excluding hydrogens is 114 g/mol. The molecule has 0 aromatic carbocycles. The zero-order valence-corrected chi connectivity index (χ0v) is 5.39. The summed E-state index contributed by atoms with van der Waals surface area (Å²) in [6, 6.07) is 0. The Morgan fingerprint density at radius 1 is 1.56 bits per heavy atom. The molecule has 2 fully saturated rings. The average Bonchev–Trinajstić information content (AvgIpc) is 1.86. The van der Waals surface area contributed by atoms with Gasteiger partial charge in [-0.25, -0.2) is 0 Å². The fourth-order valence-electron chi connectivity index (χ4n) is 1.78. The van der Waals surface area contributed by atoms with Crippen LogP contribution in [0.3, 0.4) is 0 Å². The number of Topliss-reactive ketones (excluding diaryl/α,β-unsaturated/α-hetero) is 1. The topological polar surface area (TPSA) is 29.1 Å². The molecule has 1 heterocycles. The molecular formula is C7H11NO. The Balaban J connectivity index is 2.01. The first kappa shape index (κ1) is 5.42. The standard InChI is InChI=1S/C7H11NO/c9-7-3-5-1-2-8-4-6(5)7/h5-6,8H,1-4H2/t5-,6-/m0/s1. The third kappa shape index (κ3) is 0.697. The monoisotopic (exact) mass is 125 g/mol. The van der Waals surface area contributed by atoms with E-state index >= 15 is 0 Å². The van der Waals surface area contributed by atoms with Crippen LogP contribution in [0.15, 0.2) is 0 Å². The smallest absolute Gasteiger partial charge is 0.137 e. The van der Waals surface area contributed by atoms with Crippen molar-refractivity contribution in [2.45, 2.75) is 12.8 Å². The normalized spacial score (nSPS) is 41.6. The average molecular weight is 125 g/mol. The minimum Gasteiger partial charge on any atom is -0.316 e. The van der Waals surface area contributed by atoms with E-state index in [1.165, 1.54) is 6.42 Å². The van der Waals surface area contributed by atoms with Crippen LogP contribution in [-0.2, 0) is 4.79 Å². The van der Waals surface area contributed by atoms with Gasteiger partial charge in [-0.15, -0.1) is 0 Å². The number of hydrogen-bond acceptors (Lipinski definition) is 2. The molecule has 1 N–H and O–H groups in total. The Labute approximate surface area is 54.6 Å². The molecule has 1 aliphatic heterocycles. The number of carbonyl (C=O) groups is 1. The SMILES string of the molecule is O=C1C[C@@H]2CCNC[C@H]12. The van der Waals surface area contributed by atoms with Crippen molar-refractivity contribution in [1.29, 1.82) is 0 Å². The number of hydrogen-bond donors (Lipinski definition) is 1. The molecule has 0 amide bonds. The van der Waals surface area contributed by atoms with Crippen LogP contribution in [0, 0.1) is 11.8 Å². The highest BCUT2D eigenvalue weighted by molar-refractivity contribution is 5.87. The van der Waals surface area contributed by atoms with Gasteiger partial charge < -0.3 is 5.32 Å². The summed E-state index contributed by atoms with van der Waals surface area (Å²) in [6.07, 6.45) is 2.09. The Morgan fingerprint density at radius 3 is 3.00 bits per heavy atom. The van der Waals surface area contributed by atoms with Gasteiger partial charge in [0.05, 0.1) is 0 Å². The van der Waals surface area contributed by atoms with Gasteiger partial charge in [0.2, 0.25) is 0 Å². The van der Waals surface area contributed by atoms with Gasteiger partial charge in [0.15, 0.2) is 0 Å². The van der Waals surface area contributed by atoms with Crippen molar-refractivity contribution in [3.05, 3.63) is 0 Å². The third-order valence-corrected chi connectivity index (χ3v) is 2.50. The summed E-state index contributed by atoms with van der Waals surface area (Å²) in [5.41, 5.74) is 0. The van der Waals surface area contributed by atoms with E-state index in [0.717, 1.165) is 25.4 Å². The van der Waals surface area contributed by atoms with Gasteiger partial charge in [-0.1, -0.05) is 0 Å². The fourth-order valence-corrected chi connectivity index (χ4v) is 1.78. The lowest BCUT2D eigenvalue weighted by Gasteiger charge is -2.38. The van der Waals surface area contributed by atoms with Gasteiger partial charge in [0.25, 0.3) is 0 Å². The zero-order chi connectivity index (χ0) is 6.27. The molecule has 2 aliphatic rings. The van der Waals surface area contributed by atoms with Crippen molar-refractivity contribution < 1.29 is 4.79 Å². The van der Waals surface area contributed by atoms with Crippen molar-refractivity contribution in [2.75, 3.05) is 13.1 Å². The Morgan fingerprint density at radius 2 is 2.44 bits per heavy atom. The number of fused-ring (bicyclic) bond motifs is 1. The number of carbonyl (C=O) groups excluding carboxylic acids is 1. The van der Waals surface area contributed by atoms with Crippen LogP contribution >= 0.6 is 0 Å². The fraction of sp³-hybridized carbons (Fsp3) is 0.857. The maximum Gasteiger partial charge on any atom is 0.137 e. The summed E-state index contributed by atoms with van der Waals surface area (Å²) < 4.78 is 0. The summed E-state index contributed by atoms with van der Waals surface area (Å²) in [7, 11) is 0. The lowest BCUT2D eigenvalue weighted by Crippen LogP contribution is -2.49. The Kier molecular flexibility index (Phi) is 1.09. The van der Waals surface area contributed by atoms with Crippen molar-refractivity contribution >= 4 is 5.78 Å². The van der Waals surface area contributed by atoms with Crippen molar-refractivity contribution in [2.24, 2.45) is 11.8 Å². The molecule has 0 bridgehead atoms. The lowest BCUT2D eigenvalue weighted by atomic mass is 9.69. The van der Waals surface area contributed by atoms with Gasteiger partial charge in [0, 0.05) is 18.9 Å². The summed E-state index contributed by atoms with van der Waals surface area (Å²) in [5, 5.41) is 3.23. The first-order chi connectivity index (χ1) is 4.38. The molecule has 0 spiro atoms. The van der Waals surface area contributed by atoms with Crippen LogP contribution in [0.4, 0.5) is 0 Å². The van der Waals surface area contributed by atoms with Gasteiger partial charge in [-0.2, -0.15) is 0 Å². The van der Waals surface area contributed by atoms with Crippen LogP contribution in [-0.4, -0.2) is 18.9 Å². The molecule has 2 heteroatoms. The van der Waals surface area contributed by atoms with E-state index in [1.807, 2.05) is 0 Å². The third-order valence-electron chi connectivity index (χ3n) is 2.50. The number of rotatable bonds is 0. The molecule has 2 atom stereocenters. The summed E-state index contributed by atoms with van der Waals surface area (Å²) in [5.74, 6) is 1.63. The summed E-state index contributed by atoms with van der Waals surface area (Å²) in [4.78, 5) is 10.8. The second-order valence-corrected chi connectivity index (χ2v) is 3.03. The van der Waals surface area contributed by atoms with Crippen LogP contribution in [0.5, 0.6) is 0 Å². The van der Waals surface area contributed by atoms with Crippen molar-refractivity contribution in [1.82, 2.24) is 5.32 Å². The molecule has 0 aromatic heterocycles. The largest absolute Gasteiger partial charge is 0.316 e. The van der Waals surface area contributed by atoms with Crippen molar-refractivity contribution in [3.63, 3.8) is 0 Å². The predicted octanol–water partition coefficient (Wildman–Crippen LogP) is 0.185. The Hall–Kier alpha value is -0.370. The van der Waals surface area contributed by atoms with E-state index in [4.69, 9.17) is 0 Å². The Bertz CT molecular complexity index is 144. The molecule has 1 saturated carbocycles. The second-order valence-electron chi connectivity index (χ2n) is 3.03. The minimum absolute atomic E-state index is 0.402. The van der Waals surface area contributed by atoms with E-state index in [-0.39, 0.29) is 0 Å². The molecule has 9 heavy (non-hydrogen) atoms. The molecule has 1 saturated heterocycles. The van der Waals surface area contributed by atoms with Gasteiger partial charge in [0.1, 0.15) is 5.78 Å². The quantitative estimate of drug-likeness (QED) is 0.500.